The third kappa shape index (κ3) is 9.40. The quantitative estimate of drug-likeness (QED) is 0.388. The number of morpholine rings is 1. The Kier molecular flexibility index (Phi) is 7.89. The van der Waals surface area contributed by atoms with Crippen molar-refractivity contribution in [3.8, 4) is 0 Å². The third-order valence-electron chi connectivity index (χ3n) is 1.47. The minimum Gasteiger partial charge on any atom is -0.433 e. The molecule has 15 heavy (non-hydrogen) atoms. The molecule has 1 aliphatic heterocycles. The molecular formula is C10H19NO4. The number of hydrogen-bond donors (Lipinski definition) is 2. The van der Waals surface area contributed by atoms with Gasteiger partial charge < -0.3 is 19.9 Å². The largest absolute Gasteiger partial charge is 0.433 e. The molecule has 5 nitrogen and oxygen atoms in total. The van der Waals surface area contributed by atoms with Crippen molar-refractivity contribution in [3.05, 3.63) is 12.2 Å². The molecule has 1 heterocycles. The molecule has 1 atom stereocenters. The fraction of sp³-hybridized carbons (Fsp3) is 0.700. The van der Waals surface area contributed by atoms with Gasteiger partial charge in [-0.2, -0.15) is 0 Å². The lowest BCUT2D eigenvalue weighted by Crippen LogP contribution is -2.30. The van der Waals surface area contributed by atoms with Gasteiger partial charge in [-0.3, -0.25) is 0 Å². The maximum atomic E-state index is 10.5. The fourth-order valence-electron chi connectivity index (χ4n) is 0.771. The van der Waals surface area contributed by atoms with Crippen LogP contribution in [0.4, 0.5) is 0 Å². The highest BCUT2D eigenvalue weighted by atomic mass is 16.6. The van der Waals surface area contributed by atoms with Crippen molar-refractivity contribution in [2.24, 2.45) is 0 Å². The zero-order chi connectivity index (χ0) is 11.7. The highest BCUT2D eigenvalue weighted by Gasteiger charge is 2.04. The number of carbonyl (C=O) groups is 1. The summed E-state index contributed by atoms with van der Waals surface area (Å²) in [5.74, 6) is -0.565. The normalized spacial score (nSPS) is 17.0. The molecule has 5 heteroatoms. The van der Waals surface area contributed by atoms with Crippen molar-refractivity contribution in [2.75, 3.05) is 26.3 Å². The number of esters is 1. The zero-order valence-electron chi connectivity index (χ0n) is 9.28. The summed E-state index contributed by atoms with van der Waals surface area (Å²) >= 11 is 0. The van der Waals surface area contributed by atoms with Gasteiger partial charge in [-0.05, 0) is 13.8 Å². The molecule has 0 radical (unpaired) electrons. The van der Waals surface area contributed by atoms with Crippen LogP contribution < -0.4 is 5.32 Å². The van der Waals surface area contributed by atoms with Crippen LogP contribution in [0, 0.1) is 0 Å². The molecular weight excluding hydrogens is 198 g/mol. The van der Waals surface area contributed by atoms with Gasteiger partial charge in [0.05, 0.1) is 13.2 Å². The molecule has 0 amide bonds. The first-order valence-corrected chi connectivity index (χ1v) is 4.87. The van der Waals surface area contributed by atoms with Gasteiger partial charge in [0.25, 0.3) is 0 Å². The average Bonchev–Trinajstić information content (AvgIpc) is 2.20. The van der Waals surface area contributed by atoms with Crippen molar-refractivity contribution in [1.29, 1.82) is 0 Å². The van der Waals surface area contributed by atoms with Crippen LogP contribution in [-0.4, -0.2) is 43.7 Å². The summed E-state index contributed by atoms with van der Waals surface area (Å²) in [4.78, 5) is 10.5. The smallest absolute Gasteiger partial charge is 0.335 e. The van der Waals surface area contributed by atoms with Crippen LogP contribution in [0.1, 0.15) is 13.8 Å². The summed E-state index contributed by atoms with van der Waals surface area (Å²) in [5, 5.41) is 11.6. The Bertz CT molecular complexity index is 188. The van der Waals surface area contributed by atoms with Crippen molar-refractivity contribution < 1.29 is 19.4 Å². The van der Waals surface area contributed by atoms with E-state index in [0.29, 0.717) is 0 Å². The molecule has 0 aliphatic carbocycles. The zero-order valence-corrected chi connectivity index (χ0v) is 9.28. The Labute approximate surface area is 90.1 Å². The molecule has 0 spiro atoms. The number of aliphatic hydroxyl groups excluding tert-OH is 1. The minimum atomic E-state index is -1.05. The first-order chi connectivity index (χ1) is 7.04. The van der Waals surface area contributed by atoms with Crippen LogP contribution in [0.5, 0.6) is 0 Å². The second-order valence-corrected chi connectivity index (χ2v) is 3.15. The van der Waals surface area contributed by atoms with E-state index in [9.17, 15) is 4.79 Å². The van der Waals surface area contributed by atoms with Crippen molar-refractivity contribution in [2.45, 2.75) is 20.1 Å². The summed E-state index contributed by atoms with van der Waals surface area (Å²) in [5.41, 5.74) is 0.288. The SMILES string of the molecule is C1COCCN1.C=C(C)C(=O)OC(C)O. The molecule has 0 aromatic heterocycles. The summed E-state index contributed by atoms with van der Waals surface area (Å²) in [6, 6.07) is 0. The Morgan fingerprint density at radius 1 is 1.53 bits per heavy atom. The van der Waals surface area contributed by atoms with E-state index in [2.05, 4.69) is 16.6 Å². The van der Waals surface area contributed by atoms with E-state index in [4.69, 9.17) is 9.84 Å². The van der Waals surface area contributed by atoms with E-state index in [1.165, 1.54) is 13.8 Å². The summed E-state index contributed by atoms with van der Waals surface area (Å²) in [6.45, 7) is 10.0. The first kappa shape index (κ1) is 14.1. The van der Waals surface area contributed by atoms with Crippen LogP contribution in [0.25, 0.3) is 0 Å². The standard InChI is InChI=1S/C6H10O3.C4H9NO/c1-4(2)6(8)9-5(3)7;1-3-6-4-2-5-1/h5,7H,1H2,2-3H3;5H,1-4H2. The molecule has 1 rings (SSSR count). The lowest BCUT2D eigenvalue weighted by molar-refractivity contribution is -0.159. The van der Waals surface area contributed by atoms with Gasteiger partial charge in [0.15, 0.2) is 6.29 Å². The van der Waals surface area contributed by atoms with Gasteiger partial charge in [-0.1, -0.05) is 6.58 Å². The van der Waals surface area contributed by atoms with Crippen molar-refractivity contribution >= 4 is 5.97 Å². The molecule has 1 unspecified atom stereocenters. The summed E-state index contributed by atoms with van der Waals surface area (Å²) in [6.07, 6.45) is -1.05. The molecule has 0 bridgehead atoms. The lowest BCUT2D eigenvalue weighted by Gasteiger charge is -2.10. The Morgan fingerprint density at radius 3 is 2.20 bits per heavy atom. The fourth-order valence-corrected chi connectivity index (χ4v) is 0.771. The van der Waals surface area contributed by atoms with Crippen molar-refractivity contribution in [1.82, 2.24) is 5.32 Å². The van der Waals surface area contributed by atoms with Crippen LogP contribution in [0.3, 0.4) is 0 Å². The molecule has 88 valence electrons. The lowest BCUT2D eigenvalue weighted by atomic mass is 10.4. The Balaban J connectivity index is 0.000000280. The Hall–Kier alpha value is -0.910. The van der Waals surface area contributed by atoms with Gasteiger partial charge in [-0.15, -0.1) is 0 Å². The highest BCUT2D eigenvalue weighted by Crippen LogP contribution is 1.94. The highest BCUT2D eigenvalue weighted by molar-refractivity contribution is 5.86. The van der Waals surface area contributed by atoms with E-state index < -0.39 is 12.3 Å². The summed E-state index contributed by atoms with van der Waals surface area (Å²) < 4.78 is 9.34. The van der Waals surface area contributed by atoms with Crippen LogP contribution in [0.15, 0.2) is 12.2 Å². The Morgan fingerprint density at radius 2 is 2.07 bits per heavy atom. The van der Waals surface area contributed by atoms with Crippen LogP contribution in [0.2, 0.25) is 0 Å². The predicted octanol–water partition coefficient (Wildman–Crippen LogP) is 0.0502. The van der Waals surface area contributed by atoms with Gasteiger partial charge in [-0.25, -0.2) is 4.79 Å². The van der Waals surface area contributed by atoms with Gasteiger partial charge in [0.2, 0.25) is 0 Å². The monoisotopic (exact) mass is 217 g/mol. The van der Waals surface area contributed by atoms with E-state index in [1.54, 1.807) is 0 Å². The maximum absolute atomic E-state index is 10.5. The number of hydrogen-bond acceptors (Lipinski definition) is 5. The second-order valence-electron chi connectivity index (χ2n) is 3.15. The second kappa shape index (κ2) is 8.40. The molecule has 1 fully saturated rings. The number of carbonyl (C=O) groups excluding carboxylic acids is 1. The number of nitrogens with one attached hydrogen (secondary N) is 1. The molecule has 1 aliphatic rings. The van der Waals surface area contributed by atoms with E-state index in [0.717, 1.165) is 26.3 Å². The van der Waals surface area contributed by atoms with Crippen LogP contribution in [-0.2, 0) is 14.3 Å². The van der Waals surface area contributed by atoms with Crippen LogP contribution >= 0.6 is 0 Å². The first-order valence-electron chi connectivity index (χ1n) is 4.87. The van der Waals surface area contributed by atoms with Gasteiger partial charge in [0.1, 0.15) is 0 Å². The predicted molar refractivity (Wildman–Crippen MR) is 56.3 cm³/mol. The van der Waals surface area contributed by atoms with Crippen molar-refractivity contribution in [3.63, 3.8) is 0 Å². The minimum absolute atomic E-state index is 0.288. The molecule has 0 aromatic carbocycles. The number of aliphatic hydroxyl groups is 1. The van der Waals surface area contributed by atoms with E-state index in [1.807, 2.05) is 0 Å². The van der Waals surface area contributed by atoms with E-state index >= 15 is 0 Å². The average molecular weight is 217 g/mol. The molecule has 0 saturated carbocycles. The van der Waals surface area contributed by atoms with Gasteiger partial charge in [0, 0.05) is 18.7 Å². The number of rotatable bonds is 2. The molecule has 2 N–H and O–H groups in total. The van der Waals surface area contributed by atoms with E-state index in [-0.39, 0.29) is 5.57 Å². The maximum Gasteiger partial charge on any atom is 0.335 e. The molecule has 1 saturated heterocycles. The number of ether oxygens (including phenoxy) is 2. The third-order valence-corrected chi connectivity index (χ3v) is 1.47. The molecule has 0 aromatic rings. The van der Waals surface area contributed by atoms with Gasteiger partial charge >= 0.3 is 5.97 Å². The summed E-state index contributed by atoms with van der Waals surface area (Å²) in [7, 11) is 0. The topological polar surface area (TPSA) is 67.8 Å².